The van der Waals surface area contributed by atoms with Crippen LogP contribution in [0.3, 0.4) is 0 Å². The van der Waals surface area contributed by atoms with Crippen molar-refractivity contribution >= 4 is 23.6 Å². The van der Waals surface area contributed by atoms with E-state index in [2.05, 4.69) is 12.2 Å². The number of hydrogen-bond acceptors (Lipinski definition) is 5. The Morgan fingerprint density at radius 1 is 1.04 bits per heavy atom. The van der Waals surface area contributed by atoms with Crippen LogP contribution in [0.25, 0.3) is 0 Å². The van der Waals surface area contributed by atoms with Crippen molar-refractivity contribution in [2.45, 2.75) is 19.8 Å². The number of ketones is 1. The monoisotopic (exact) mass is 379 g/mol. The summed E-state index contributed by atoms with van der Waals surface area (Å²) < 4.78 is 5.31. The molecular formula is C22H21NO5. The molecule has 0 spiro atoms. The predicted octanol–water partition coefficient (Wildman–Crippen LogP) is 2.24. The summed E-state index contributed by atoms with van der Waals surface area (Å²) >= 11 is 0. The number of allylic oxidation sites excluding steroid dienone is 2. The third-order valence-electron chi connectivity index (χ3n) is 6.78. The average molecular weight is 379 g/mol. The van der Waals surface area contributed by atoms with Gasteiger partial charge in [-0.25, -0.2) is 0 Å². The van der Waals surface area contributed by atoms with E-state index in [4.69, 9.17) is 4.74 Å². The van der Waals surface area contributed by atoms with E-state index in [0.29, 0.717) is 17.4 Å². The molecule has 0 aromatic heterocycles. The summed E-state index contributed by atoms with van der Waals surface area (Å²) in [6.07, 6.45) is 5.29. The summed E-state index contributed by atoms with van der Waals surface area (Å²) in [5.74, 6) is 0.130. The number of imide groups is 1. The van der Waals surface area contributed by atoms with E-state index < -0.39 is 5.97 Å². The van der Waals surface area contributed by atoms with Crippen LogP contribution < -0.4 is 4.74 Å². The molecule has 6 heteroatoms. The standard InChI is InChI=1S/C22H21NO5/c1-11(24)12-4-2-3-5-17(12)28-18(25)8-9-23-21(26)19-13-6-7-14(16-10-15(13)16)20(19)22(23)27/h2-7,13-16,19-20H,8-10H2,1H3/t13-,14-,15-,16+,19+,20+/m1/s1. The summed E-state index contributed by atoms with van der Waals surface area (Å²) in [5, 5.41) is 0. The van der Waals surface area contributed by atoms with Gasteiger partial charge in [-0.15, -0.1) is 0 Å². The fraction of sp³-hybridized carbons (Fsp3) is 0.455. The SMILES string of the molecule is CC(=O)c1ccccc1OC(=O)CCN1C(=O)[C@H]2[C@@H]3C=C[C@H]([C@@H]4C[C@H]34)[C@@H]2C1=O. The minimum atomic E-state index is -0.562. The molecule has 0 radical (unpaired) electrons. The summed E-state index contributed by atoms with van der Waals surface area (Å²) in [7, 11) is 0. The number of benzene rings is 1. The van der Waals surface area contributed by atoms with Crippen molar-refractivity contribution in [3.63, 3.8) is 0 Å². The van der Waals surface area contributed by atoms with E-state index in [1.54, 1.807) is 24.3 Å². The van der Waals surface area contributed by atoms with Gasteiger partial charge >= 0.3 is 5.97 Å². The molecule has 1 aromatic rings. The number of likely N-dealkylation sites (tertiary alicyclic amines) is 1. The lowest BCUT2D eigenvalue weighted by Gasteiger charge is -2.37. The van der Waals surface area contributed by atoms with Crippen molar-refractivity contribution in [3.8, 4) is 5.75 Å². The quantitative estimate of drug-likeness (QED) is 0.258. The smallest absolute Gasteiger partial charge is 0.313 e. The highest BCUT2D eigenvalue weighted by atomic mass is 16.5. The molecule has 0 unspecified atom stereocenters. The molecule has 4 aliphatic carbocycles. The van der Waals surface area contributed by atoms with Gasteiger partial charge in [-0.1, -0.05) is 24.3 Å². The molecule has 6 atom stereocenters. The highest BCUT2D eigenvalue weighted by molar-refractivity contribution is 6.06. The van der Waals surface area contributed by atoms with E-state index in [1.165, 1.54) is 11.8 Å². The minimum absolute atomic E-state index is 0.0283. The van der Waals surface area contributed by atoms with Crippen molar-refractivity contribution in [1.82, 2.24) is 4.90 Å². The van der Waals surface area contributed by atoms with Gasteiger partial charge in [-0.2, -0.15) is 0 Å². The van der Waals surface area contributed by atoms with Crippen LogP contribution in [0.1, 0.15) is 30.1 Å². The van der Waals surface area contributed by atoms with E-state index in [9.17, 15) is 19.2 Å². The van der Waals surface area contributed by atoms with Crippen molar-refractivity contribution in [2.75, 3.05) is 6.54 Å². The van der Waals surface area contributed by atoms with Gasteiger partial charge in [-0.05, 0) is 49.1 Å². The number of Topliss-reactive ketones (excluding diaryl/α,β-unsaturated/α-hetero) is 1. The molecule has 1 saturated heterocycles. The van der Waals surface area contributed by atoms with E-state index in [0.717, 1.165) is 6.42 Å². The van der Waals surface area contributed by atoms with Gasteiger partial charge in [0.2, 0.25) is 11.8 Å². The first-order valence-electron chi connectivity index (χ1n) is 9.81. The normalized spacial score (nSPS) is 34.2. The third-order valence-corrected chi connectivity index (χ3v) is 6.78. The number of carbonyl (C=O) groups is 4. The number of esters is 1. The van der Waals surface area contributed by atoms with Crippen molar-refractivity contribution in [1.29, 1.82) is 0 Å². The molecule has 3 fully saturated rings. The van der Waals surface area contributed by atoms with Crippen LogP contribution in [0, 0.1) is 35.5 Å². The summed E-state index contributed by atoms with van der Waals surface area (Å²) in [6.45, 7) is 1.43. The second kappa shape index (κ2) is 6.12. The molecule has 1 heterocycles. The van der Waals surface area contributed by atoms with Gasteiger partial charge < -0.3 is 4.74 Å². The highest BCUT2D eigenvalue weighted by Crippen LogP contribution is 2.65. The van der Waals surface area contributed by atoms with Crippen molar-refractivity contribution < 1.29 is 23.9 Å². The van der Waals surface area contributed by atoms with E-state index >= 15 is 0 Å². The molecule has 6 nitrogen and oxygen atoms in total. The summed E-state index contributed by atoms with van der Waals surface area (Å²) in [6, 6.07) is 6.54. The van der Waals surface area contributed by atoms with Gasteiger partial charge in [0.1, 0.15) is 5.75 Å². The number of para-hydroxylation sites is 1. The van der Waals surface area contributed by atoms with Crippen LogP contribution in [0.2, 0.25) is 0 Å². The molecule has 1 aliphatic heterocycles. The number of ether oxygens (including phenoxy) is 1. The van der Waals surface area contributed by atoms with Crippen LogP contribution in [0.15, 0.2) is 36.4 Å². The molecule has 5 aliphatic rings. The van der Waals surface area contributed by atoms with Gasteiger partial charge in [0.25, 0.3) is 0 Å². The van der Waals surface area contributed by atoms with Gasteiger partial charge in [0.05, 0.1) is 23.8 Å². The molecule has 6 rings (SSSR count). The maximum absolute atomic E-state index is 12.9. The van der Waals surface area contributed by atoms with Crippen LogP contribution in [0.4, 0.5) is 0 Å². The Bertz CT molecular complexity index is 899. The Morgan fingerprint density at radius 2 is 1.64 bits per heavy atom. The van der Waals surface area contributed by atoms with Gasteiger partial charge in [0.15, 0.2) is 5.78 Å². The third kappa shape index (κ3) is 2.47. The number of hydrogen-bond donors (Lipinski definition) is 0. The summed E-state index contributed by atoms with van der Waals surface area (Å²) in [4.78, 5) is 51.0. The van der Waals surface area contributed by atoms with Gasteiger partial charge in [-0.3, -0.25) is 24.1 Å². The Morgan fingerprint density at radius 3 is 2.25 bits per heavy atom. The fourth-order valence-electron chi connectivity index (χ4n) is 5.46. The van der Waals surface area contributed by atoms with Crippen molar-refractivity contribution in [2.24, 2.45) is 35.5 Å². The molecule has 2 amide bonds. The number of rotatable bonds is 5. The van der Waals surface area contributed by atoms with E-state index in [1.807, 2.05) is 0 Å². The maximum Gasteiger partial charge on any atom is 0.313 e. The van der Waals surface area contributed by atoms with Crippen molar-refractivity contribution in [3.05, 3.63) is 42.0 Å². The largest absolute Gasteiger partial charge is 0.426 e. The molecule has 2 bridgehead atoms. The zero-order valence-electron chi connectivity index (χ0n) is 15.5. The summed E-state index contributed by atoms with van der Waals surface area (Å²) in [5.41, 5.74) is 0.331. The first-order valence-corrected chi connectivity index (χ1v) is 9.81. The molecule has 144 valence electrons. The lowest BCUT2D eigenvalue weighted by Crippen LogP contribution is -2.40. The van der Waals surface area contributed by atoms with Crippen LogP contribution in [-0.4, -0.2) is 35.0 Å². The number of amides is 2. The van der Waals surface area contributed by atoms with E-state index in [-0.39, 0.29) is 60.0 Å². The molecule has 0 N–H and O–H groups in total. The topological polar surface area (TPSA) is 80.8 Å². The Kier molecular flexibility index (Phi) is 3.79. The average Bonchev–Trinajstić information content (AvgIpc) is 3.46. The Labute approximate surface area is 162 Å². The first kappa shape index (κ1) is 17.3. The van der Waals surface area contributed by atoms with Crippen LogP contribution >= 0.6 is 0 Å². The second-order valence-corrected chi connectivity index (χ2v) is 8.26. The zero-order chi connectivity index (χ0) is 19.6. The van der Waals surface area contributed by atoms with Gasteiger partial charge in [0, 0.05) is 6.54 Å². The number of carbonyl (C=O) groups excluding carboxylic acids is 4. The number of nitrogens with zero attached hydrogens (tertiary/aromatic N) is 1. The highest BCUT2D eigenvalue weighted by Gasteiger charge is 2.66. The van der Waals surface area contributed by atoms with Crippen LogP contribution in [0.5, 0.6) is 5.75 Å². The predicted molar refractivity (Wildman–Crippen MR) is 98.1 cm³/mol. The fourth-order valence-corrected chi connectivity index (χ4v) is 5.46. The molecule has 2 saturated carbocycles. The lowest BCUT2D eigenvalue weighted by molar-refractivity contribution is -0.141. The maximum atomic E-state index is 12.9. The Hall–Kier alpha value is -2.76. The van der Waals surface area contributed by atoms with Crippen LogP contribution in [-0.2, 0) is 14.4 Å². The zero-order valence-corrected chi connectivity index (χ0v) is 15.5. The second-order valence-electron chi connectivity index (χ2n) is 8.26. The first-order chi connectivity index (χ1) is 13.5. The Balaban J connectivity index is 1.26. The molecular weight excluding hydrogens is 358 g/mol. The molecule has 1 aromatic carbocycles. The minimum Gasteiger partial charge on any atom is -0.426 e. The lowest BCUT2D eigenvalue weighted by atomic mass is 9.63. The molecule has 28 heavy (non-hydrogen) atoms.